The third-order valence-corrected chi connectivity index (χ3v) is 6.38. The summed E-state index contributed by atoms with van der Waals surface area (Å²) in [5.74, 6) is -0.352. The van der Waals surface area contributed by atoms with Crippen LogP contribution >= 0.6 is 0 Å². The van der Waals surface area contributed by atoms with E-state index in [1.165, 1.54) is 23.1 Å². The number of piperidine rings is 1. The molecule has 3 aliphatic rings. The molecule has 1 unspecified atom stereocenters. The summed E-state index contributed by atoms with van der Waals surface area (Å²) < 4.78 is 25.4. The maximum Gasteiger partial charge on any atom is 0.325 e. The van der Waals surface area contributed by atoms with E-state index in [1.807, 2.05) is 13.8 Å². The van der Waals surface area contributed by atoms with E-state index in [1.54, 1.807) is 7.11 Å². The highest BCUT2D eigenvalue weighted by Crippen LogP contribution is 2.46. The molecule has 3 amide bonds. The second kappa shape index (κ2) is 7.81. The molecule has 0 bridgehead atoms. The number of ether oxygens (including phenoxy) is 2. The molecule has 1 aromatic carbocycles. The lowest BCUT2D eigenvalue weighted by Crippen LogP contribution is -2.53. The molecule has 0 aliphatic carbocycles. The maximum atomic E-state index is 14.0. The molecule has 1 aromatic rings. The van der Waals surface area contributed by atoms with E-state index in [0.29, 0.717) is 30.4 Å². The lowest BCUT2D eigenvalue weighted by molar-refractivity contribution is -0.134. The van der Waals surface area contributed by atoms with E-state index in [9.17, 15) is 14.0 Å². The Morgan fingerprint density at radius 1 is 1.23 bits per heavy atom. The minimum Gasteiger partial charge on any atom is -0.487 e. The summed E-state index contributed by atoms with van der Waals surface area (Å²) in [6.45, 7) is 6.81. The SMILES string of the molecule is COC1CCN(CCCN2C(=O)NC3(CC(C)(C)Oc4ccc(F)cc43)C2=O)CC1. The van der Waals surface area contributed by atoms with Crippen molar-refractivity contribution in [3.8, 4) is 5.75 Å². The molecule has 2 fully saturated rings. The maximum absolute atomic E-state index is 14.0. The van der Waals surface area contributed by atoms with Crippen LogP contribution in [0.15, 0.2) is 18.2 Å². The van der Waals surface area contributed by atoms with E-state index in [4.69, 9.17) is 9.47 Å². The van der Waals surface area contributed by atoms with E-state index in [2.05, 4.69) is 10.2 Å². The molecule has 1 atom stereocenters. The van der Waals surface area contributed by atoms with Crippen molar-refractivity contribution in [2.75, 3.05) is 33.3 Å². The van der Waals surface area contributed by atoms with Gasteiger partial charge in [0.2, 0.25) is 0 Å². The summed E-state index contributed by atoms with van der Waals surface area (Å²) in [5.41, 5.74) is -1.56. The van der Waals surface area contributed by atoms with Crippen molar-refractivity contribution in [1.82, 2.24) is 15.1 Å². The monoisotopic (exact) mass is 419 g/mol. The summed E-state index contributed by atoms with van der Waals surface area (Å²) in [4.78, 5) is 29.8. The van der Waals surface area contributed by atoms with Crippen LogP contribution in [-0.2, 0) is 15.1 Å². The number of halogens is 1. The fourth-order valence-electron chi connectivity index (χ4n) is 4.94. The van der Waals surface area contributed by atoms with Crippen molar-refractivity contribution in [1.29, 1.82) is 0 Å². The zero-order valence-corrected chi connectivity index (χ0v) is 17.9. The van der Waals surface area contributed by atoms with Crippen molar-refractivity contribution in [3.05, 3.63) is 29.6 Å². The van der Waals surface area contributed by atoms with Crippen molar-refractivity contribution in [2.24, 2.45) is 0 Å². The smallest absolute Gasteiger partial charge is 0.325 e. The van der Waals surface area contributed by atoms with Gasteiger partial charge in [0.05, 0.1) is 6.10 Å². The molecular weight excluding hydrogens is 389 g/mol. The van der Waals surface area contributed by atoms with Crippen LogP contribution in [0.3, 0.4) is 0 Å². The number of hydrogen-bond donors (Lipinski definition) is 1. The van der Waals surface area contributed by atoms with Gasteiger partial charge in [-0.05, 0) is 57.9 Å². The van der Waals surface area contributed by atoms with Gasteiger partial charge in [-0.3, -0.25) is 9.69 Å². The van der Waals surface area contributed by atoms with Gasteiger partial charge in [-0.1, -0.05) is 0 Å². The molecule has 3 heterocycles. The van der Waals surface area contributed by atoms with Gasteiger partial charge < -0.3 is 19.7 Å². The summed E-state index contributed by atoms with van der Waals surface area (Å²) >= 11 is 0. The van der Waals surface area contributed by atoms with Crippen LogP contribution < -0.4 is 10.1 Å². The Morgan fingerprint density at radius 2 is 1.97 bits per heavy atom. The van der Waals surface area contributed by atoms with Crippen LogP contribution in [0.2, 0.25) is 0 Å². The number of carbonyl (C=O) groups excluding carboxylic acids is 2. The van der Waals surface area contributed by atoms with Gasteiger partial charge in [0.1, 0.15) is 17.2 Å². The van der Waals surface area contributed by atoms with Crippen molar-refractivity contribution >= 4 is 11.9 Å². The highest BCUT2D eigenvalue weighted by Gasteiger charge is 2.58. The Labute approximate surface area is 176 Å². The number of nitrogens with one attached hydrogen (secondary N) is 1. The molecule has 164 valence electrons. The predicted molar refractivity (Wildman–Crippen MR) is 109 cm³/mol. The highest BCUT2D eigenvalue weighted by atomic mass is 19.1. The van der Waals surface area contributed by atoms with Gasteiger partial charge in [0.15, 0.2) is 5.54 Å². The molecule has 0 radical (unpaired) electrons. The topological polar surface area (TPSA) is 71.1 Å². The number of fused-ring (bicyclic) bond motifs is 2. The summed E-state index contributed by atoms with van der Waals surface area (Å²) in [6, 6.07) is 3.70. The summed E-state index contributed by atoms with van der Waals surface area (Å²) in [5, 5.41) is 2.87. The first-order chi connectivity index (χ1) is 14.2. The van der Waals surface area contributed by atoms with Crippen molar-refractivity contribution in [2.45, 2.75) is 56.8 Å². The number of imide groups is 1. The molecule has 1 spiro atoms. The average molecular weight is 419 g/mol. The van der Waals surface area contributed by atoms with Crippen LogP contribution in [0, 0.1) is 5.82 Å². The molecule has 0 aromatic heterocycles. The van der Waals surface area contributed by atoms with Gasteiger partial charge in [-0.25, -0.2) is 9.18 Å². The second-order valence-electron chi connectivity index (χ2n) is 9.10. The molecular formula is C22H30FN3O4. The predicted octanol–water partition coefficient (Wildman–Crippen LogP) is 2.63. The fraction of sp³-hybridized carbons (Fsp3) is 0.636. The normalized spacial score (nSPS) is 26.6. The first-order valence-electron chi connectivity index (χ1n) is 10.6. The number of benzene rings is 1. The molecule has 0 saturated carbocycles. The third-order valence-electron chi connectivity index (χ3n) is 6.38. The number of methoxy groups -OCH3 is 1. The minimum absolute atomic E-state index is 0.252. The Bertz CT molecular complexity index is 838. The van der Waals surface area contributed by atoms with Crippen LogP contribution in [-0.4, -0.2) is 66.7 Å². The van der Waals surface area contributed by atoms with Crippen LogP contribution in [0.25, 0.3) is 0 Å². The first-order valence-corrected chi connectivity index (χ1v) is 10.6. The Balaban J connectivity index is 1.47. The van der Waals surface area contributed by atoms with E-state index in [-0.39, 0.29) is 12.3 Å². The second-order valence-corrected chi connectivity index (χ2v) is 9.10. The lowest BCUT2D eigenvalue weighted by Gasteiger charge is -2.42. The van der Waals surface area contributed by atoms with Gasteiger partial charge in [0.25, 0.3) is 5.91 Å². The number of amides is 3. The summed E-state index contributed by atoms with van der Waals surface area (Å²) in [7, 11) is 1.75. The first kappa shape index (κ1) is 21.1. The van der Waals surface area contributed by atoms with Crippen LogP contribution in [0.1, 0.15) is 45.1 Å². The molecule has 2 saturated heterocycles. The minimum atomic E-state index is -1.28. The zero-order valence-electron chi connectivity index (χ0n) is 17.9. The fourth-order valence-corrected chi connectivity index (χ4v) is 4.94. The van der Waals surface area contributed by atoms with Crippen molar-refractivity contribution < 1.29 is 23.5 Å². The third kappa shape index (κ3) is 3.78. The number of carbonyl (C=O) groups is 2. The Morgan fingerprint density at radius 3 is 2.67 bits per heavy atom. The molecule has 30 heavy (non-hydrogen) atoms. The number of rotatable bonds is 5. The molecule has 8 heteroatoms. The number of urea groups is 1. The van der Waals surface area contributed by atoms with E-state index >= 15 is 0 Å². The van der Waals surface area contributed by atoms with E-state index in [0.717, 1.165) is 32.5 Å². The molecule has 7 nitrogen and oxygen atoms in total. The summed E-state index contributed by atoms with van der Waals surface area (Å²) in [6.07, 6.45) is 3.27. The average Bonchev–Trinajstić information content (AvgIpc) is 2.93. The largest absolute Gasteiger partial charge is 0.487 e. The molecule has 1 N–H and O–H groups in total. The van der Waals surface area contributed by atoms with Gasteiger partial charge >= 0.3 is 6.03 Å². The standard InChI is InChI=1S/C22H30FN3O4/c1-21(2)14-22(17-13-15(23)5-6-18(17)30-21)19(27)26(20(28)24-22)10-4-9-25-11-7-16(29-3)8-12-25/h5-6,13,16H,4,7-12,14H2,1-3H3,(H,24,28). The Hall–Kier alpha value is -2.19. The van der Waals surface area contributed by atoms with E-state index < -0.39 is 23.0 Å². The highest BCUT2D eigenvalue weighted by molar-refractivity contribution is 6.08. The van der Waals surface area contributed by atoms with Crippen LogP contribution in [0.5, 0.6) is 5.75 Å². The number of nitrogens with zero attached hydrogens (tertiary/aromatic N) is 2. The van der Waals surface area contributed by atoms with Gasteiger partial charge in [-0.15, -0.1) is 0 Å². The molecule has 4 rings (SSSR count). The quantitative estimate of drug-likeness (QED) is 0.743. The van der Waals surface area contributed by atoms with Crippen LogP contribution in [0.4, 0.5) is 9.18 Å². The van der Waals surface area contributed by atoms with Gasteiger partial charge in [-0.2, -0.15) is 0 Å². The Kier molecular flexibility index (Phi) is 5.48. The lowest BCUT2D eigenvalue weighted by atomic mass is 9.77. The van der Waals surface area contributed by atoms with Crippen molar-refractivity contribution in [3.63, 3.8) is 0 Å². The zero-order chi connectivity index (χ0) is 21.5. The van der Waals surface area contributed by atoms with Gasteiger partial charge in [0, 0.05) is 38.7 Å². The molecule has 3 aliphatic heterocycles. The number of likely N-dealkylation sites (tertiary alicyclic amines) is 1. The number of hydrogen-bond acceptors (Lipinski definition) is 5.